The van der Waals surface area contributed by atoms with Crippen molar-refractivity contribution in [2.45, 2.75) is 26.2 Å². The van der Waals surface area contributed by atoms with Gasteiger partial charge in [-0.05, 0) is 36.2 Å². The molecular formula is C23H20O6. The first-order chi connectivity index (χ1) is 13.6. The van der Waals surface area contributed by atoms with Crippen molar-refractivity contribution in [2.24, 2.45) is 0 Å². The van der Waals surface area contributed by atoms with Crippen LogP contribution in [0.4, 0.5) is 0 Å². The number of fused-ring (bicyclic) bond motifs is 2. The summed E-state index contributed by atoms with van der Waals surface area (Å²) in [4.78, 5) is 40.3. The van der Waals surface area contributed by atoms with E-state index in [-0.39, 0.29) is 39.3 Å². The smallest absolute Gasteiger partial charge is 0.201 e. The van der Waals surface area contributed by atoms with Crippen molar-refractivity contribution >= 4 is 17.3 Å². The molecule has 0 radical (unpaired) electrons. The zero-order valence-corrected chi connectivity index (χ0v) is 16.8. The Hall–Kier alpha value is -3.41. The molecule has 0 spiro atoms. The highest BCUT2D eigenvalue weighted by Crippen LogP contribution is 2.49. The Kier molecular flexibility index (Phi) is 3.94. The number of methoxy groups -OCH3 is 2. The fourth-order valence-electron chi connectivity index (χ4n) is 4.40. The summed E-state index contributed by atoms with van der Waals surface area (Å²) in [6.07, 6.45) is 0. The quantitative estimate of drug-likeness (QED) is 0.786. The lowest BCUT2D eigenvalue weighted by Crippen LogP contribution is -2.41. The molecule has 0 fully saturated rings. The largest absolute Gasteiger partial charge is 0.508 e. The standard InChI is InChI=1S/C23H20O6/c1-10-6-11(24)7-13-16(10)21(26)18-19(20(13)25)23(2,3)14-8-12(28-4)9-15(29-5)17(14)22(18)27/h6-9,24H,1-5H3. The van der Waals surface area contributed by atoms with Crippen LogP contribution >= 0.6 is 0 Å². The number of ether oxygens (including phenoxy) is 2. The Labute approximate surface area is 167 Å². The lowest BCUT2D eigenvalue weighted by atomic mass is 9.62. The third-order valence-electron chi connectivity index (χ3n) is 5.78. The molecule has 148 valence electrons. The van der Waals surface area contributed by atoms with E-state index < -0.39 is 22.8 Å². The lowest BCUT2D eigenvalue weighted by molar-refractivity contribution is 0.0908. The van der Waals surface area contributed by atoms with Gasteiger partial charge in [0.25, 0.3) is 0 Å². The molecule has 29 heavy (non-hydrogen) atoms. The van der Waals surface area contributed by atoms with E-state index in [1.165, 1.54) is 26.4 Å². The van der Waals surface area contributed by atoms with Gasteiger partial charge in [-0.2, -0.15) is 0 Å². The van der Waals surface area contributed by atoms with E-state index in [1.807, 2.05) is 0 Å². The highest BCUT2D eigenvalue weighted by molar-refractivity contribution is 6.41. The van der Waals surface area contributed by atoms with Gasteiger partial charge in [0.1, 0.15) is 17.2 Å². The van der Waals surface area contributed by atoms with Gasteiger partial charge in [-0.3, -0.25) is 14.4 Å². The van der Waals surface area contributed by atoms with Crippen LogP contribution in [0.2, 0.25) is 0 Å². The highest BCUT2D eigenvalue weighted by Gasteiger charge is 2.49. The molecule has 1 N–H and O–H groups in total. The van der Waals surface area contributed by atoms with Crippen LogP contribution in [0.5, 0.6) is 17.2 Å². The van der Waals surface area contributed by atoms with Gasteiger partial charge in [0.05, 0.1) is 25.4 Å². The second kappa shape index (κ2) is 6.04. The topological polar surface area (TPSA) is 89.9 Å². The van der Waals surface area contributed by atoms with Crippen molar-refractivity contribution in [1.29, 1.82) is 0 Å². The average molecular weight is 392 g/mol. The van der Waals surface area contributed by atoms with E-state index in [1.54, 1.807) is 32.9 Å². The summed E-state index contributed by atoms with van der Waals surface area (Å²) in [6, 6.07) is 5.98. The Morgan fingerprint density at radius 1 is 0.862 bits per heavy atom. The molecule has 0 atom stereocenters. The van der Waals surface area contributed by atoms with Gasteiger partial charge in [-0.25, -0.2) is 0 Å². The fraction of sp³-hybridized carbons (Fsp3) is 0.261. The summed E-state index contributed by atoms with van der Waals surface area (Å²) >= 11 is 0. The van der Waals surface area contributed by atoms with Gasteiger partial charge in [0.15, 0.2) is 11.6 Å². The number of benzene rings is 2. The predicted molar refractivity (Wildman–Crippen MR) is 105 cm³/mol. The second-order valence-electron chi connectivity index (χ2n) is 7.80. The number of ketones is 3. The maximum absolute atomic E-state index is 13.5. The Balaban J connectivity index is 2.08. The molecule has 0 saturated heterocycles. The SMILES string of the molecule is COc1cc(OC)c2c(c1)C(C)(C)C1=C(C(=O)c3c(C)cc(O)cc3C1=O)C2=O. The van der Waals surface area contributed by atoms with Gasteiger partial charge < -0.3 is 14.6 Å². The molecule has 6 heteroatoms. The van der Waals surface area contributed by atoms with Crippen molar-refractivity contribution < 1.29 is 29.0 Å². The van der Waals surface area contributed by atoms with Gasteiger partial charge in [0.2, 0.25) is 5.78 Å². The van der Waals surface area contributed by atoms with Crippen molar-refractivity contribution in [2.75, 3.05) is 14.2 Å². The molecule has 2 aliphatic rings. The van der Waals surface area contributed by atoms with Crippen LogP contribution in [0.15, 0.2) is 35.4 Å². The van der Waals surface area contributed by atoms with Crippen LogP contribution in [0, 0.1) is 6.92 Å². The maximum Gasteiger partial charge on any atom is 0.201 e. The minimum Gasteiger partial charge on any atom is -0.508 e. The number of carbonyl (C=O) groups excluding carboxylic acids is 3. The summed E-state index contributed by atoms with van der Waals surface area (Å²) in [5.41, 5.74) is 0.589. The minimum atomic E-state index is -0.954. The monoisotopic (exact) mass is 392 g/mol. The zero-order valence-electron chi connectivity index (χ0n) is 16.8. The fourth-order valence-corrected chi connectivity index (χ4v) is 4.40. The van der Waals surface area contributed by atoms with Crippen LogP contribution in [0.3, 0.4) is 0 Å². The van der Waals surface area contributed by atoms with Gasteiger partial charge in [-0.15, -0.1) is 0 Å². The molecule has 0 aliphatic heterocycles. The number of aromatic hydroxyl groups is 1. The molecule has 0 aromatic heterocycles. The van der Waals surface area contributed by atoms with Gasteiger partial charge >= 0.3 is 0 Å². The third-order valence-corrected chi connectivity index (χ3v) is 5.78. The number of allylic oxidation sites excluding steroid dienone is 2. The number of carbonyl (C=O) groups is 3. The van der Waals surface area contributed by atoms with Crippen LogP contribution in [0.1, 0.15) is 56.0 Å². The third kappa shape index (κ3) is 2.38. The lowest BCUT2D eigenvalue weighted by Gasteiger charge is -2.38. The molecule has 0 heterocycles. The molecular weight excluding hydrogens is 372 g/mol. The molecule has 6 nitrogen and oxygen atoms in total. The number of aryl methyl sites for hydroxylation is 1. The zero-order chi connectivity index (χ0) is 21.2. The average Bonchev–Trinajstić information content (AvgIpc) is 2.67. The molecule has 0 bridgehead atoms. The van der Waals surface area contributed by atoms with E-state index in [0.29, 0.717) is 16.9 Å². The van der Waals surface area contributed by atoms with Crippen LogP contribution < -0.4 is 9.47 Å². The summed E-state index contributed by atoms with van der Waals surface area (Å²) < 4.78 is 10.7. The molecule has 4 rings (SSSR count). The Morgan fingerprint density at radius 2 is 1.52 bits per heavy atom. The van der Waals surface area contributed by atoms with E-state index >= 15 is 0 Å². The number of hydrogen-bond acceptors (Lipinski definition) is 6. The van der Waals surface area contributed by atoms with Gasteiger partial charge in [0, 0.05) is 28.2 Å². The summed E-state index contributed by atoms with van der Waals surface area (Å²) in [6.45, 7) is 5.21. The maximum atomic E-state index is 13.5. The summed E-state index contributed by atoms with van der Waals surface area (Å²) in [5, 5.41) is 9.97. The number of hydrogen-bond donors (Lipinski definition) is 1. The van der Waals surface area contributed by atoms with E-state index in [0.717, 1.165) is 0 Å². The number of rotatable bonds is 2. The minimum absolute atomic E-state index is 0.102. The second-order valence-corrected chi connectivity index (χ2v) is 7.80. The summed E-state index contributed by atoms with van der Waals surface area (Å²) in [7, 11) is 2.94. The molecule has 2 aliphatic carbocycles. The van der Waals surface area contributed by atoms with Crippen molar-refractivity contribution in [3.05, 3.63) is 63.2 Å². The normalized spacial score (nSPS) is 16.9. The van der Waals surface area contributed by atoms with Crippen LogP contribution in [-0.2, 0) is 5.41 Å². The molecule has 0 saturated carbocycles. The van der Waals surface area contributed by atoms with Crippen molar-refractivity contribution in [3.63, 3.8) is 0 Å². The van der Waals surface area contributed by atoms with Crippen molar-refractivity contribution in [1.82, 2.24) is 0 Å². The first-order valence-corrected chi connectivity index (χ1v) is 9.12. The number of phenolic OH excluding ortho intramolecular Hbond substituents is 1. The molecule has 2 aromatic carbocycles. The van der Waals surface area contributed by atoms with Crippen LogP contribution in [0.25, 0.3) is 0 Å². The first kappa shape index (κ1) is 18.9. The Bertz CT molecular complexity index is 1170. The molecule has 0 unspecified atom stereocenters. The first-order valence-electron chi connectivity index (χ1n) is 9.12. The van der Waals surface area contributed by atoms with E-state index in [2.05, 4.69) is 0 Å². The molecule has 2 aromatic rings. The molecule has 0 amide bonds. The highest BCUT2D eigenvalue weighted by atomic mass is 16.5. The van der Waals surface area contributed by atoms with Crippen molar-refractivity contribution in [3.8, 4) is 17.2 Å². The Morgan fingerprint density at radius 3 is 2.14 bits per heavy atom. The van der Waals surface area contributed by atoms with Crippen LogP contribution in [-0.4, -0.2) is 36.7 Å². The van der Waals surface area contributed by atoms with Gasteiger partial charge in [-0.1, -0.05) is 13.8 Å². The predicted octanol–water partition coefficient (Wildman–Crippen LogP) is 3.57. The summed E-state index contributed by atoms with van der Waals surface area (Å²) in [5.74, 6) is -0.806. The number of phenols is 1. The van der Waals surface area contributed by atoms with E-state index in [4.69, 9.17) is 9.47 Å². The van der Waals surface area contributed by atoms with E-state index in [9.17, 15) is 19.5 Å². The number of Topliss-reactive ketones (excluding diaryl/α,β-unsaturated/α-hetero) is 3.